The molecule has 0 aliphatic heterocycles. The number of esters is 1. The first-order valence-electron chi connectivity index (χ1n) is 5.69. The van der Waals surface area contributed by atoms with Crippen LogP contribution in [-0.4, -0.2) is 39.0 Å². The molecule has 19 heavy (non-hydrogen) atoms. The summed E-state index contributed by atoms with van der Waals surface area (Å²) in [5, 5.41) is 0. The predicted molar refractivity (Wildman–Crippen MR) is 76.4 cm³/mol. The number of benzene rings is 1. The van der Waals surface area contributed by atoms with Crippen LogP contribution >= 0.6 is 10.8 Å². The number of ether oxygens (including phenoxy) is 1. The second-order valence-corrected chi connectivity index (χ2v) is 8.23. The van der Waals surface area contributed by atoms with E-state index in [1.54, 1.807) is 0 Å². The van der Waals surface area contributed by atoms with Crippen LogP contribution in [0, 0.1) is 0 Å². The Morgan fingerprint density at radius 2 is 2.00 bits per heavy atom. The molecule has 0 aliphatic carbocycles. The molecule has 0 bridgehead atoms. The number of aryl methyl sites for hydroxylation is 1. The third-order valence-electron chi connectivity index (χ3n) is 2.41. The summed E-state index contributed by atoms with van der Waals surface area (Å²) in [7, 11) is -1.37. The molecule has 1 aromatic carbocycles. The lowest BCUT2D eigenvalue weighted by Crippen LogP contribution is -2.34. The van der Waals surface area contributed by atoms with Crippen molar-refractivity contribution >= 4 is 25.6 Å². The summed E-state index contributed by atoms with van der Waals surface area (Å²) in [5.41, 5.74) is 6.44. The SMILES string of the molecule is COC(=O)[C@@H](N)CSS(=O)(=O)CCc1ccccc1. The van der Waals surface area contributed by atoms with Crippen molar-refractivity contribution in [3.05, 3.63) is 35.9 Å². The van der Waals surface area contributed by atoms with Gasteiger partial charge in [0.15, 0.2) is 0 Å². The van der Waals surface area contributed by atoms with E-state index in [-0.39, 0.29) is 11.5 Å². The summed E-state index contributed by atoms with van der Waals surface area (Å²) < 4.78 is 28.0. The average Bonchev–Trinajstić information content (AvgIpc) is 2.43. The third-order valence-corrected chi connectivity index (χ3v) is 5.96. The van der Waals surface area contributed by atoms with Crippen LogP contribution in [0.4, 0.5) is 0 Å². The normalized spacial score (nSPS) is 12.9. The molecular formula is C12H17NO4S2. The van der Waals surface area contributed by atoms with Crippen molar-refractivity contribution in [3.63, 3.8) is 0 Å². The van der Waals surface area contributed by atoms with Gasteiger partial charge in [0.05, 0.1) is 12.9 Å². The fourth-order valence-electron chi connectivity index (χ4n) is 1.34. The van der Waals surface area contributed by atoms with Gasteiger partial charge in [-0.05, 0) is 22.8 Å². The van der Waals surface area contributed by atoms with E-state index in [1.807, 2.05) is 30.3 Å². The number of carbonyl (C=O) groups is 1. The smallest absolute Gasteiger partial charge is 0.323 e. The van der Waals surface area contributed by atoms with Crippen molar-refractivity contribution < 1.29 is 17.9 Å². The second-order valence-electron chi connectivity index (χ2n) is 3.91. The Labute approximate surface area is 116 Å². The molecule has 106 valence electrons. The number of nitrogens with two attached hydrogens (primary N) is 1. The molecule has 2 N–H and O–H groups in total. The van der Waals surface area contributed by atoms with Gasteiger partial charge in [-0.1, -0.05) is 30.3 Å². The van der Waals surface area contributed by atoms with Crippen LogP contribution in [-0.2, 0) is 24.8 Å². The van der Waals surface area contributed by atoms with Crippen LogP contribution in [0.15, 0.2) is 30.3 Å². The van der Waals surface area contributed by atoms with Crippen molar-refractivity contribution in [1.29, 1.82) is 0 Å². The topological polar surface area (TPSA) is 86.5 Å². The lowest BCUT2D eigenvalue weighted by Gasteiger charge is -2.09. The van der Waals surface area contributed by atoms with Gasteiger partial charge in [-0.2, -0.15) is 0 Å². The Kier molecular flexibility index (Phi) is 6.33. The quantitative estimate of drug-likeness (QED) is 0.592. The Morgan fingerprint density at radius 3 is 2.58 bits per heavy atom. The number of methoxy groups -OCH3 is 1. The van der Waals surface area contributed by atoms with E-state index in [0.717, 1.165) is 5.56 Å². The Morgan fingerprint density at radius 1 is 1.37 bits per heavy atom. The number of rotatable bonds is 7. The van der Waals surface area contributed by atoms with E-state index < -0.39 is 20.9 Å². The fourth-order valence-corrected chi connectivity index (χ4v) is 4.10. The van der Waals surface area contributed by atoms with Gasteiger partial charge in [-0.25, -0.2) is 8.42 Å². The minimum Gasteiger partial charge on any atom is -0.468 e. The molecule has 1 aromatic rings. The standard InChI is InChI=1S/C12H17NO4S2/c1-17-12(14)11(13)9-18-19(15,16)8-7-10-5-3-2-4-6-10/h2-6,11H,7-9,13H2,1H3/t11-/m0/s1. The van der Waals surface area contributed by atoms with Gasteiger partial charge in [0, 0.05) is 5.75 Å². The van der Waals surface area contributed by atoms with Crippen LogP contribution in [0.2, 0.25) is 0 Å². The van der Waals surface area contributed by atoms with Crippen LogP contribution in [0.3, 0.4) is 0 Å². The Hall–Kier alpha value is -1.05. The molecular weight excluding hydrogens is 286 g/mol. The number of hydrogen-bond acceptors (Lipinski definition) is 6. The zero-order valence-electron chi connectivity index (χ0n) is 10.6. The molecule has 7 heteroatoms. The van der Waals surface area contributed by atoms with Crippen molar-refractivity contribution in [1.82, 2.24) is 0 Å². The first-order valence-corrected chi connectivity index (χ1v) is 8.84. The first kappa shape index (κ1) is 16.0. The molecule has 0 heterocycles. The molecule has 0 aliphatic rings. The number of carbonyl (C=O) groups excluding carboxylic acids is 1. The second kappa shape index (κ2) is 7.52. The molecule has 0 spiro atoms. The van der Waals surface area contributed by atoms with Gasteiger partial charge in [0.25, 0.3) is 0 Å². The maximum absolute atomic E-state index is 11.8. The molecule has 0 radical (unpaired) electrons. The minimum absolute atomic E-state index is 0.00377. The highest BCUT2D eigenvalue weighted by Gasteiger charge is 2.19. The molecule has 0 amide bonds. The van der Waals surface area contributed by atoms with Crippen LogP contribution in [0.1, 0.15) is 5.56 Å². The van der Waals surface area contributed by atoms with E-state index in [0.29, 0.717) is 17.2 Å². The van der Waals surface area contributed by atoms with Gasteiger partial charge in [-0.15, -0.1) is 0 Å². The molecule has 0 unspecified atom stereocenters. The van der Waals surface area contributed by atoms with Crippen molar-refractivity contribution in [2.75, 3.05) is 18.6 Å². The highest BCUT2D eigenvalue weighted by molar-refractivity contribution is 8.72. The van der Waals surface area contributed by atoms with Crippen molar-refractivity contribution in [2.24, 2.45) is 5.73 Å². The molecule has 0 fully saturated rings. The molecule has 5 nitrogen and oxygen atoms in total. The Bertz CT molecular complexity index is 502. The summed E-state index contributed by atoms with van der Waals surface area (Å²) in [4.78, 5) is 11.1. The molecule has 0 saturated carbocycles. The lowest BCUT2D eigenvalue weighted by molar-refractivity contribution is -0.141. The highest BCUT2D eigenvalue weighted by Crippen LogP contribution is 2.16. The van der Waals surface area contributed by atoms with Crippen LogP contribution in [0.25, 0.3) is 0 Å². The van der Waals surface area contributed by atoms with Gasteiger partial charge >= 0.3 is 5.97 Å². The zero-order chi connectivity index (χ0) is 14.3. The zero-order valence-corrected chi connectivity index (χ0v) is 12.2. The van der Waals surface area contributed by atoms with Crippen LogP contribution < -0.4 is 5.73 Å². The lowest BCUT2D eigenvalue weighted by atomic mass is 10.2. The summed E-state index contributed by atoms with van der Waals surface area (Å²) >= 11 is 0. The van der Waals surface area contributed by atoms with Gasteiger partial charge in [0.2, 0.25) is 8.87 Å². The molecule has 0 saturated heterocycles. The van der Waals surface area contributed by atoms with Gasteiger partial charge < -0.3 is 10.5 Å². The molecule has 1 atom stereocenters. The van der Waals surface area contributed by atoms with Crippen molar-refractivity contribution in [3.8, 4) is 0 Å². The van der Waals surface area contributed by atoms with E-state index in [9.17, 15) is 13.2 Å². The average molecular weight is 303 g/mol. The Balaban J connectivity index is 2.42. The molecule has 1 rings (SSSR count). The maximum Gasteiger partial charge on any atom is 0.323 e. The predicted octanol–water partition coefficient (Wildman–Crippen LogP) is 0.792. The number of hydrogen-bond donors (Lipinski definition) is 1. The van der Waals surface area contributed by atoms with Crippen LogP contribution in [0.5, 0.6) is 0 Å². The summed E-state index contributed by atoms with van der Waals surface area (Å²) in [5.74, 6) is -0.579. The summed E-state index contributed by atoms with van der Waals surface area (Å²) in [6.07, 6.45) is 0.448. The summed E-state index contributed by atoms with van der Waals surface area (Å²) in [6, 6.07) is 8.44. The largest absolute Gasteiger partial charge is 0.468 e. The van der Waals surface area contributed by atoms with Crippen molar-refractivity contribution in [2.45, 2.75) is 12.5 Å². The van der Waals surface area contributed by atoms with Gasteiger partial charge in [-0.3, -0.25) is 4.79 Å². The minimum atomic E-state index is -3.29. The fraction of sp³-hybridized carbons (Fsp3) is 0.417. The summed E-state index contributed by atoms with van der Waals surface area (Å²) in [6.45, 7) is 0. The van der Waals surface area contributed by atoms with E-state index >= 15 is 0 Å². The molecule has 0 aromatic heterocycles. The van der Waals surface area contributed by atoms with E-state index in [1.165, 1.54) is 7.11 Å². The van der Waals surface area contributed by atoms with E-state index in [2.05, 4.69) is 4.74 Å². The highest BCUT2D eigenvalue weighted by atomic mass is 33.1. The first-order chi connectivity index (χ1) is 8.94. The third kappa shape index (κ3) is 6.09. The van der Waals surface area contributed by atoms with E-state index in [4.69, 9.17) is 5.73 Å². The maximum atomic E-state index is 11.8. The van der Waals surface area contributed by atoms with Gasteiger partial charge in [0.1, 0.15) is 6.04 Å². The monoisotopic (exact) mass is 303 g/mol.